The van der Waals surface area contributed by atoms with Gasteiger partial charge in [0.25, 0.3) is 0 Å². The number of benzene rings is 2. The summed E-state index contributed by atoms with van der Waals surface area (Å²) in [7, 11) is -3.87. The Hall–Kier alpha value is -1.70. The lowest BCUT2D eigenvalue weighted by molar-refractivity contribution is -0.158. The Morgan fingerprint density at radius 2 is 1.64 bits per heavy atom. The fourth-order valence-electron chi connectivity index (χ4n) is 2.55. The molecule has 0 aliphatic carbocycles. The number of hydrogen-bond donors (Lipinski definition) is 1. The van der Waals surface area contributed by atoms with Crippen molar-refractivity contribution in [2.24, 2.45) is 5.92 Å². The fraction of sp³-hybridized carbons (Fsp3) is 0.381. The quantitative estimate of drug-likeness (QED) is 0.621. The van der Waals surface area contributed by atoms with Crippen molar-refractivity contribution in [3.8, 4) is 11.1 Å². The SMILES string of the molecule is CC(C)[C@H](NS(=O)(=O)c1ccc(-c2cccc(Br)c2)cc1)C(=O)OC(C)(C)C. The number of hydrogen-bond acceptors (Lipinski definition) is 4. The van der Waals surface area contributed by atoms with Crippen LogP contribution in [0, 0.1) is 5.92 Å². The van der Waals surface area contributed by atoms with E-state index >= 15 is 0 Å². The molecule has 0 radical (unpaired) electrons. The van der Waals surface area contributed by atoms with Crippen molar-refractivity contribution in [2.45, 2.75) is 51.2 Å². The molecule has 0 aromatic heterocycles. The van der Waals surface area contributed by atoms with Crippen molar-refractivity contribution >= 4 is 31.9 Å². The maximum Gasteiger partial charge on any atom is 0.324 e. The van der Waals surface area contributed by atoms with Gasteiger partial charge in [0.15, 0.2) is 0 Å². The smallest absolute Gasteiger partial charge is 0.324 e. The van der Waals surface area contributed by atoms with Gasteiger partial charge in [-0.3, -0.25) is 4.79 Å². The molecule has 0 saturated carbocycles. The highest BCUT2D eigenvalue weighted by molar-refractivity contribution is 9.10. The molecule has 7 heteroatoms. The predicted octanol–water partition coefficient (Wildman–Crippen LogP) is 4.76. The van der Waals surface area contributed by atoms with E-state index in [0.717, 1.165) is 15.6 Å². The summed E-state index contributed by atoms with van der Waals surface area (Å²) in [5.74, 6) is -0.845. The van der Waals surface area contributed by atoms with E-state index in [9.17, 15) is 13.2 Å². The highest BCUT2D eigenvalue weighted by Gasteiger charge is 2.32. The topological polar surface area (TPSA) is 72.5 Å². The monoisotopic (exact) mass is 467 g/mol. The van der Waals surface area contributed by atoms with Crippen molar-refractivity contribution in [1.82, 2.24) is 4.72 Å². The summed E-state index contributed by atoms with van der Waals surface area (Å²) in [5.41, 5.74) is 1.18. The van der Waals surface area contributed by atoms with Crippen LogP contribution in [-0.2, 0) is 19.6 Å². The van der Waals surface area contributed by atoms with Crippen LogP contribution in [0.25, 0.3) is 11.1 Å². The molecule has 152 valence electrons. The Labute approximate surface area is 175 Å². The molecule has 0 aliphatic heterocycles. The number of carbonyl (C=O) groups is 1. The Kier molecular flexibility index (Phi) is 7.07. The summed E-state index contributed by atoms with van der Waals surface area (Å²) in [6.45, 7) is 8.78. The average molecular weight is 468 g/mol. The molecule has 2 aromatic rings. The second-order valence-corrected chi connectivity index (χ2v) is 10.5. The molecule has 0 unspecified atom stereocenters. The normalized spacial score (nSPS) is 13.4. The number of esters is 1. The van der Waals surface area contributed by atoms with Gasteiger partial charge in [0.1, 0.15) is 11.6 Å². The average Bonchev–Trinajstić information content (AvgIpc) is 2.58. The zero-order chi connectivity index (χ0) is 21.1. The number of rotatable bonds is 6. The van der Waals surface area contributed by atoms with Crippen LogP contribution in [0.4, 0.5) is 0 Å². The second kappa shape index (κ2) is 8.76. The Morgan fingerprint density at radius 3 is 2.14 bits per heavy atom. The van der Waals surface area contributed by atoms with Crippen LogP contribution in [0.1, 0.15) is 34.6 Å². The summed E-state index contributed by atoms with van der Waals surface area (Å²) >= 11 is 3.43. The fourth-order valence-corrected chi connectivity index (χ4v) is 4.28. The molecule has 0 heterocycles. The molecule has 0 aliphatic rings. The van der Waals surface area contributed by atoms with Gasteiger partial charge < -0.3 is 4.74 Å². The molecular weight excluding hydrogens is 442 g/mol. The van der Waals surface area contributed by atoms with E-state index in [1.165, 1.54) is 12.1 Å². The van der Waals surface area contributed by atoms with E-state index in [0.29, 0.717) is 0 Å². The first-order valence-corrected chi connectivity index (χ1v) is 11.3. The molecule has 5 nitrogen and oxygen atoms in total. The molecule has 28 heavy (non-hydrogen) atoms. The van der Waals surface area contributed by atoms with Crippen LogP contribution in [0.15, 0.2) is 57.9 Å². The Morgan fingerprint density at radius 1 is 1.04 bits per heavy atom. The number of halogens is 1. The zero-order valence-electron chi connectivity index (χ0n) is 16.7. The van der Waals surface area contributed by atoms with E-state index in [4.69, 9.17) is 4.74 Å². The van der Waals surface area contributed by atoms with Crippen molar-refractivity contribution in [3.63, 3.8) is 0 Å². The minimum Gasteiger partial charge on any atom is -0.459 e. The lowest BCUT2D eigenvalue weighted by atomic mass is 10.1. The van der Waals surface area contributed by atoms with Gasteiger partial charge in [0.05, 0.1) is 4.90 Å². The van der Waals surface area contributed by atoms with Crippen LogP contribution >= 0.6 is 15.9 Å². The molecule has 1 atom stereocenters. The number of carbonyl (C=O) groups excluding carboxylic acids is 1. The third-order valence-corrected chi connectivity index (χ3v) is 5.88. The minimum atomic E-state index is -3.87. The molecule has 0 fully saturated rings. The number of ether oxygens (including phenoxy) is 1. The summed E-state index contributed by atoms with van der Waals surface area (Å²) in [6.07, 6.45) is 0. The highest BCUT2D eigenvalue weighted by atomic mass is 79.9. The van der Waals surface area contributed by atoms with Gasteiger partial charge in [0.2, 0.25) is 10.0 Å². The largest absolute Gasteiger partial charge is 0.459 e. The van der Waals surface area contributed by atoms with Crippen LogP contribution in [0.5, 0.6) is 0 Å². The van der Waals surface area contributed by atoms with Crippen molar-refractivity contribution in [3.05, 3.63) is 53.0 Å². The van der Waals surface area contributed by atoms with Gasteiger partial charge in [0, 0.05) is 4.47 Å². The molecule has 0 amide bonds. The van der Waals surface area contributed by atoms with Gasteiger partial charge in [-0.25, -0.2) is 8.42 Å². The highest BCUT2D eigenvalue weighted by Crippen LogP contribution is 2.24. The predicted molar refractivity (Wildman–Crippen MR) is 114 cm³/mol. The Bertz CT molecular complexity index is 932. The Balaban J connectivity index is 2.24. The van der Waals surface area contributed by atoms with Crippen molar-refractivity contribution in [2.75, 3.05) is 0 Å². The third-order valence-electron chi connectivity index (χ3n) is 3.93. The molecule has 2 rings (SSSR count). The maximum absolute atomic E-state index is 12.8. The first-order valence-electron chi connectivity index (χ1n) is 9.00. The molecule has 0 spiro atoms. The molecule has 0 bridgehead atoms. The van der Waals surface area contributed by atoms with Crippen LogP contribution in [0.2, 0.25) is 0 Å². The van der Waals surface area contributed by atoms with Gasteiger partial charge >= 0.3 is 5.97 Å². The third kappa shape index (κ3) is 6.15. The van der Waals surface area contributed by atoms with E-state index in [-0.39, 0.29) is 10.8 Å². The van der Waals surface area contributed by atoms with Crippen LogP contribution in [-0.4, -0.2) is 26.0 Å². The van der Waals surface area contributed by atoms with Crippen molar-refractivity contribution < 1.29 is 17.9 Å². The summed E-state index contributed by atoms with van der Waals surface area (Å²) in [4.78, 5) is 12.5. The lowest BCUT2D eigenvalue weighted by Gasteiger charge is -2.26. The minimum absolute atomic E-state index is 0.0976. The van der Waals surface area contributed by atoms with E-state index < -0.39 is 27.6 Å². The van der Waals surface area contributed by atoms with Gasteiger partial charge in [-0.1, -0.05) is 54.0 Å². The molecule has 1 N–H and O–H groups in total. The number of sulfonamides is 1. The van der Waals surface area contributed by atoms with Gasteiger partial charge in [-0.05, 0) is 62.1 Å². The van der Waals surface area contributed by atoms with Crippen LogP contribution in [0.3, 0.4) is 0 Å². The molecule has 0 saturated heterocycles. The van der Waals surface area contributed by atoms with Gasteiger partial charge in [-0.2, -0.15) is 4.72 Å². The number of nitrogens with one attached hydrogen (secondary N) is 1. The van der Waals surface area contributed by atoms with Gasteiger partial charge in [-0.15, -0.1) is 0 Å². The summed E-state index contributed by atoms with van der Waals surface area (Å²) in [5, 5.41) is 0. The lowest BCUT2D eigenvalue weighted by Crippen LogP contribution is -2.47. The molecule has 2 aromatic carbocycles. The second-order valence-electron chi connectivity index (χ2n) is 7.91. The maximum atomic E-state index is 12.8. The van der Waals surface area contributed by atoms with E-state index in [1.807, 2.05) is 24.3 Å². The first kappa shape index (κ1) is 22.6. The first-order chi connectivity index (χ1) is 12.9. The molecular formula is C21H26BrNO4S. The van der Waals surface area contributed by atoms with E-state index in [1.54, 1.807) is 46.8 Å². The standard InChI is InChI=1S/C21H26BrNO4S/c1-14(2)19(20(24)27-21(3,4)5)23-28(25,26)18-11-9-15(10-12-18)16-7-6-8-17(22)13-16/h6-14,19,23H,1-5H3/t19-/m0/s1. The van der Waals surface area contributed by atoms with Crippen molar-refractivity contribution in [1.29, 1.82) is 0 Å². The van der Waals surface area contributed by atoms with E-state index in [2.05, 4.69) is 20.7 Å². The zero-order valence-corrected chi connectivity index (χ0v) is 19.1. The summed E-state index contributed by atoms with van der Waals surface area (Å²) in [6, 6.07) is 13.3. The van der Waals surface area contributed by atoms with Crippen LogP contribution < -0.4 is 4.72 Å². The summed E-state index contributed by atoms with van der Waals surface area (Å²) < 4.78 is 34.4.